The fourth-order valence-electron chi connectivity index (χ4n) is 1.67. The zero-order chi connectivity index (χ0) is 16.2. The molecule has 0 aliphatic rings. The molecule has 0 bridgehead atoms. The number of nitrogens with zero attached hydrogens (tertiary/aromatic N) is 4. The van der Waals surface area contributed by atoms with Gasteiger partial charge in [0, 0.05) is 5.69 Å². The standard InChI is InChI=1S/C14H17N5O3/c1-4-22-13(21)14(2,3)12(20)16-10-5-7-11(8-6-10)19-9-15-17-18-19/h5-9H,4H2,1-3H3,(H,16,20). The summed E-state index contributed by atoms with van der Waals surface area (Å²) < 4.78 is 6.40. The first kappa shape index (κ1) is 15.6. The van der Waals surface area contributed by atoms with E-state index in [1.165, 1.54) is 24.9 Å². The van der Waals surface area contributed by atoms with E-state index < -0.39 is 17.3 Å². The highest BCUT2D eigenvalue weighted by atomic mass is 16.5. The van der Waals surface area contributed by atoms with Crippen LogP contribution in [0.15, 0.2) is 30.6 Å². The number of tetrazole rings is 1. The summed E-state index contributed by atoms with van der Waals surface area (Å²) >= 11 is 0. The number of anilines is 1. The SMILES string of the molecule is CCOC(=O)C(C)(C)C(=O)Nc1ccc(-n2cnnn2)cc1. The number of aromatic nitrogens is 4. The summed E-state index contributed by atoms with van der Waals surface area (Å²) in [5, 5.41) is 13.6. The first-order valence-electron chi connectivity index (χ1n) is 6.77. The molecule has 116 valence electrons. The van der Waals surface area contributed by atoms with Crippen molar-refractivity contribution in [2.75, 3.05) is 11.9 Å². The van der Waals surface area contributed by atoms with Gasteiger partial charge in [-0.3, -0.25) is 9.59 Å². The number of amides is 1. The van der Waals surface area contributed by atoms with E-state index in [2.05, 4.69) is 20.8 Å². The number of ether oxygens (including phenoxy) is 1. The summed E-state index contributed by atoms with van der Waals surface area (Å²) in [5.74, 6) is -0.987. The molecule has 2 aromatic rings. The van der Waals surface area contributed by atoms with E-state index in [4.69, 9.17) is 4.74 Å². The van der Waals surface area contributed by atoms with Crippen molar-refractivity contribution in [2.24, 2.45) is 5.41 Å². The van der Waals surface area contributed by atoms with E-state index in [0.717, 1.165) is 5.69 Å². The van der Waals surface area contributed by atoms with Gasteiger partial charge in [0.05, 0.1) is 12.3 Å². The van der Waals surface area contributed by atoms with Crippen LogP contribution in [0.4, 0.5) is 5.69 Å². The van der Waals surface area contributed by atoms with E-state index in [-0.39, 0.29) is 6.61 Å². The van der Waals surface area contributed by atoms with Crippen LogP contribution >= 0.6 is 0 Å². The van der Waals surface area contributed by atoms with E-state index in [9.17, 15) is 9.59 Å². The van der Waals surface area contributed by atoms with Crippen LogP contribution in [0.1, 0.15) is 20.8 Å². The fraction of sp³-hybridized carbons (Fsp3) is 0.357. The number of hydrogen-bond donors (Lipinski definition) is 1. The van der Waals surface area contributed by atoms with E-state index in [1.54, 1.807) is 31.2 Å². The first-order valence-corrected chi connectivity index (χ1v) is 6.77. The van der Waals surface area contributed by atoms with Gasteiger partial charge in [0.15, 0.2) is 0 Å². The summed E-state index contributed by atoms with van der Waals surface area (Å²) in [7, 11) is 0. The predicted molar refractivity (Wildman–Crippen MR) is 78.2 cm³/mol. The molecule has 0 unspecified atom stereocenters. The van der Waals surface area contributed by atoms with Gasteiger partial charge >= 0.3 is 5.97 Å². The second kappa shape index (κ2) is 6.33. The third-order valence-electron chi connectivity index (χ3n) is 3.09. The van der Waals surface area contributed by atoms with Gasteiger partial charge in [0.2, 0.25) is 5.91 Å². The number of carbonyl (C=O) groups is 2. The summed E-state index contributed by atoms with van der Waals surface area (Å²) in [6.45, 7) is 4.98. The lowest BCUT2D eigenvalue weighted by molar-refractivity contribution is -0.156. The minimum atomic E-state index is -1.26. The van der Waals surface area contributed by atoms with Gasteiger partial charge < -0.3 is 10.1 Å². The van der Waals surface area contributed by atoms with Gasteiger partial charge in [-0.05, 0) is 55.5 Å². The molecule has 2 rings (SSSR count). The highest BCUT2D eigenvalue weighted by Gasteiger charge is 2.37. The van der Waals surface area contributed by atoms with Crippen LogP contribution in [0.2, 0.25) is 0 Å². The molecule has 1 aromatic carbocycles. The lowest BCUT2D eigenvalue weighted by atomic mass is 9.92. The van der Waals surface area contributed by atoms with Crippen molar-refractivity contribution in [3.8, 4) is 5.69 Å². The lowest BCUT2D eigenvalue weighted by Crippen LogP contribution is -2.39. The van der Waals surface area contributed by atoms with Crippen molar-refractivity contribution in [2.45, 2.75) is 20.8 Å². The highest BCUT2D eigenvalue weighted by Crippen LogP contribution is 2.21. The Kier molecular flexibility index (Phi) is 4.50. The minimum Gasteiger partial charge on any atom is -0.465 e. The predicted octanol–water partition coefficient (Wildman–Crippen LogP) is 1.19. The van der Waals surface area contributed by atoms with Crippen LogP contribution in [0, 0.1) is 5.41 Å². The van der Waals surface area contributed by atoms with Crippen molar-refractivity contribution in [3.63, 3.8) is 0 Å². The second-order valence-electron chi connectivity index (χ2n) is 5.10. The van der Waals surface area contributed by atoms with Gasteiger partial charge in [-0.2, -0.15) is 0 Å². The number of carbonyl (C=O) groups excluding carboxylic acids is 2. The fourth-order valence-corrected chi connectivity index (χ4v) is 1.67. The molecule has 0 atom stereocenters. The average Bonchev–Trinajstić information content (AvgIpc) is 3.02. The van der Waals surface area contributed by atoms with Gasteiger partial charge in [0.25, 0.3) is 0 Å². The van der Waals surface area contributed by atoms with Crippen molar-refractivity contribution >= 4 is 17.6 Å². The Morgan fingerprint density at radius 3 is 2.50 bits per heavy atom. The second-order valence-corrected chi connectivity index (χ2v) is 5.10. The van der Waals surface area contributed by atoms with Crippen LogP contribution in [-0.4, -0.2) is 38.7 Å². The maximum atomic E-state index is 12.2. The van der Waals surface area contributed by atoms with Crippen molar-refractivity contribution < 1.29 is 14.3 Å². The molecule has 8 heteroatoms. The highest BCUT2D eigenvalue weighted by molar-refractivity contribution is 6.08. The Bertz CT molecular complexity index is 650. The normalized spacial score (nSPS) is 11.0. The van der Waals surface area contributed by atoms with Crippen LogP contribution in [0.3, 0.4) is 0 Å². The van der Waals surface area contributed by atoms with Crippen LogP contribution in [-0.2, 0) is 14.3 Å². The lowest BCUT2D eigenvalue weighted by Gasteiger charge is -2.21. The summed E-state index contributed by atoms with van der Waals surface area (Å²) in [6.07, 6.45) is 1.47. The van der Waals surface area contributed by atoms with Crippen LogP contribution < -0.4 is 5.32 Å². The molecule has 0 saturated heterocycles. The monoisotopic (exact) mass is 303 g/mol. The molecule has 1 amide bonds. The van der Waals surface area contributed by atoms with Gasteiger partial charge in [0.1, 0.15) is 11.7 Å². The average molecular weight is 303 g/mol. The molecule has 1 aromatic heterocycles. The zero-order valence-electron chi connectivity index (χ0n) is 12.6. The Morgan fingerprint density at radius 1 is 1.27 bits per heavy atom. The Labute approximate surface area is 127 Å². The van der Waals surface area contributed by atoms with Crippen molar-refractivity contribution in [3.05, 3.63) is 30.6 Å². The molecule has 0 spiro atoms. The number of nitrogens with one attached hydrogen (secondary N) is 1. The molecule has 0 aliphatic carbocycles. The van der Waals surface area contributed by atoms with E-state index >= 15 is 0 Å². The molecule has 1 heterocycles. The minimum absolute atomic E-state index is 0.232. The molecule has 0 aliphatic heterocycles. The molecule has 0 radical (unpaired) electrons. The first-order chi connectivity index (χ1) is 10.4. The zero-order valence-corrected chi connectivity index (χ0v) is 12.6. The van der Waals surface area contributed by atoms with Gasteiger partial charge in [-0.15, -0.1) is 5.10 Å². The molecular weight excluding hydrogens is 286 g/mol. The summed E-state index contributed by atoms with van der Waals surface area (Å²) in [4.78, 5) is 24.0. The quantitative estimate of drug-likeness (QED) is 0.658. The maximum Gasteiger partial charge on any atom is 0.321 e. The smallest absolute Gasteiger partial charge is 0.321 e. The number of hydrogen-bond acceptors (Lipinski definition) is 6. The van der Waals surface area contributed by atoms with Crippen molar-refractivity contribution in [1.82, 2.24) is 20.2 Å². The molecule has 0 fully saturated rings. The van der Waals surface area contributed by atoms with Gasteiger partial charge in [-0.1, -0.05) is 0 Å². The van der Waals surface area contributed by atoms with Crippen LogP contribution in [0.25, 0.3) is 5.69 Å². The Morgan fingerprint density at radius 2 is 1.95 bits per heavy atom. The third-order valence-corrected chi connectivity index (χ3v) is 3.09. The van der Waals surface area contributed by atoms with Gasteiger partial charge in [-0.25, -0.2) is 4.68 Å². The maximum absolute atomic E-state index is 12.2. The molecular formula is C14H17N5O3. The molecule has 0 saturated carbocycles. The van der Waals surface area contributed by atoms with Crippen molar-refractivity contribution in [1.29, 1.82) is 0 Å². The number of esters is 1. The number of benzene rings is 1. The summed E-state index contributed by atoms with van der Waals surface area (Å²) in [5.41, 5.74) is 0.0664. The topological polar surface area (TPSA) is 99.0 Å². The Balaban J connectivity index is 2.07. The summed E-state index contributed by atoms with van der Waals surface area (Å²) in [6, 6.07) is 6.92. The molecule has 22 heavy (non-hydrogen) atoms. The van der Waals surface area contributed by atoms with E-state index in [0.29, 0.717) is 5.69 Å². The molecule has 8 nitrogen and oxygen atoms in total. The van der Waals surface area contributed by atoms with Crippen LogP contribution in [0.5, 0.6) is 0 Å². The van der Waals surface area contributed by atoms with E-state index in [1.807, 2.05) is 0 Å². The number of rotatable bonds is 5. The largest absolute Gasteiger partial charge is 0.465 e. The Hall–Kier alpha value is -2.77. The molecule has 1 N–H and O–H groups in total. The third kappa shape index (κ3) is 3.27.